The van der Waals surface area contributed by atoms with Crippen molar-refractivity contribution < 1.29 is 28.5 Å². The average Bonchev–Trinajstić information content (AvgIpc) is 2.84. The molecule has 0 aromatic heterocycles. The summed E-state index contributed by atoms with van der Waals surface area (Å²) >= 11 is 0. The molecular weight excluding hydrogens is 422 g/mol. The Morgan fingerprint density at radius 1 is 0.818 bits per heavy atom. The molecule has 174 valence electrons. The number of carbonyl (C=O) groups excluding carboxylic acids is 1. The summed E-state index contributed by atoms with van der Waals surface area (Å²) in [5, 5.41) is 2.94. The van der Waals surface area contributed by atoms with Crippen LogP contribution in [0.3, 0.4) is 0 Å². The van der Waals surface area contributed by atoms with E-state index < -0.39 is 0 Å². The number of anilines is 1. The second-order valence-electron chi connectivity index (χ2n) is 7.08. The smallest absolute Gasteiger partial charge is 0.224 e. The molecule has 0 aliphatic heterocycles. The van der Waals surface area contributed by atoms with E-state index in [9.17, 15) is 4.79 Å². The number of methoxy groups -OCH3 is 3. The van der Waals surface area contributed by atoms with Gasteiger partial charge in [-0.15, -0.1) is 0 Å². The van der Waals surface area contributed by atoms with Gasteiger partial charge in [0.15, 0.2) is 17.2 Å². The van der Waals surface area contributed by atoms with Gasteiger partial charge in [-0.25, -0.2) is 0 Å². The molecule has 0 bridgehead atoms. The largest absolute Gasteiger partial charge is 0.494 e. The minimum Gasteiger partial charge on any atom is -0.494 e. The van der Waals surface area contributed by atoms with Crippen LogP contribution in [0, 0.1) is 0 Å². The van der Waals surface area contributed by atoms with Crippen LogP contribution in [0.1, 0.15) is 18.9 Å². The fraction of sp³-hybridized carbons (Fsp3) is 0.269. The third kappa shape index (κ3) is 6.32. The number of carbonyl (C=O) groups is 1. The fourth-order valence-electron chi connectivity index (χ4n) is 3.31. The number of aryl methyl sites for hydroxylation is 1. The van der Waals surface area contributed by atoms with Gasteiger partial charge in [-0.1, -0.05) is 12.1 Å². The molecular formula is C26H29NO6. The number of amides is 1. The Balaban J connectivity index is 1.65. The van der Waals surface area contributed by atoms with Crippen LogP contribution in [0.4, 0.5) is 5.69 Å². The zero-order chi connectivity index (χ0) is 23.6. The first-order valence-corrected chi connectivity index (χ1v) is 10.7. The van der Waals surface area contributed by atoms with Gasteiger partial charge in [-0.3, -0.25) is 4.79 Å². The molecule has 0 unspecified atom stereocenters. The monoisotopic (exact) mass is 451 g/mol. The van der Waals surface area contributed by atoms with Gasteiger partial charge in [0.2, 0.25) is 11.7 Å². The normalized spacial score (nSPS) is 10.3. The summed E-state index contributed by atoms with van der Waals surface area (Å²) in [6.07, 6.45) is 0.778. The first-order chi connectivity index (χ1) is 16.1. The van der Waals surface area contributed by atoms with Crippen molar-refractivity contribution in [2.24, 2.45) is 0 Å². The third-order valence-corrected chi connectivity index (χ3v) is 4.89. The number of hydrogen-bond acceptors (Lipinski definition) is 6. The predicted octanol–water partition coefficient (Wildman–Crippen LogP) is 5.47. The van der Waals surface area contributed by atoms with Crippen LogP contribution in [-0.4, -0.2) is 33.8 Å². The van der Waals surface area contributed by atoms with Crippen molar-refractivity contribution in [2.45, 2.75) is 19.8 Å². The second-order valence-corrected chi connectivity index (χ2v) is 7.08. The molecule has 0 saturated carbocycles. The Morgan fingerprint density at radius 3 is 2.06 bits per heavy atom. The lowest BCUT2D eigenvalue weighted by molar-refractivity contribution is -0.116. The van der Waals surface area contributed by atoms with Crippen molar-refractivity contribution >= 4 is 11.6 Å². The Bertz CT molecular complexity index is 1040. The summed E-state index contributed by atoms with van der Waals surface area (Å²) in [4.78, 5) is 12.7. The summed E-state index contributed by atoms with van der Waals surface area (Å²) in [6.45, 7) is 2.54. The van der Waals surface area contributed by atoms with Gasteiger partial charge >= 0.3 is 0 Å². The zero-order valence-corrected chi connectivity index (χ0v) is 19.3. The van der Waals surface area contributed by atoms with Crippen LogP contribution in [0.15, 0.2) is 60.7 Å². The van der Waals surface area contributed by atoms with Gasteiger partial charge < -0.3 is 29.0 Å². The molecule has 0 fully saturated rings. The highest BCUT2D eigenvalue weighted by atomic mass is 16.5. The lowest BCUT2D eigenvalue weighted by Crippen LogP contribution is -2.13. The standard InChI is InChI=1S/C26H29NO6/c1-5-32-19-11-13-20(14-12-19)33-22-9-7-6-8-21(22)27-25(28)15-10-18-16-23(29-2)26(31-4)24(17-18)30-3/h6-9,11-14,16-17H,5,10,15H2,1-4H3,(H,27,28). The molecule has 3 aromatic carbocycles. The minimum atomic E-state index is -0.133. The lowest BCUT2D eigenvalue weighted by Gasteiger charge is -2.15. The van der Waals surface area contributed by atoms with Crippen LogP contribution in [0.2, 0.25) is 0 Å². The predicted molar refractivity (Wildman–Crippen MR) is 127 cm³/mol. The topological polar surface area (TPSA) is 75.3 Å². The maximum absolute atomic E-state index is 12.7. The van der Waals surface area contributed by atoms with E-state index in [1.54, 1.807) is 27.4 Å². The highest BCUT2D eigenvalue weighted by molar-refractivity contribution is 5.92. The lowest BCUT2D eigenvalue weighted by atomic mass is 10.1. The van der Waals surface area contributed by atoms with E-state index in [2.05, 4.69) is 5.32 Å². The second kappa shape index (κ2) is 11.7. The van der Waals surface area contributed by atoms with Gasteiger partial charge in [-0.05, 0) is 67.4 Å². The van der Waals surface area contributed by atoms with Crippen LogP contribution < -0.4 is 29.0 Å². The Kier molecular flexibility index (Phi) is 8.41. The van der Waals surface area contributed by atoms with Crippen molar-refractivity contribution in [2.75, 3.05) is 33.3 Å². The van der Waals surface area contributed by atoms with Gasteiger partial charge in [0.05, 0.1) is 33.6 Å². The first kappa shape index (κ1) is 23.8. The highest BCUT2D eigenvalue weighted by Crippen LogP contribution is 2.38. The molecule has 3 aromatic rings. The molecule has 0 heterocycles. The van der Waals surface area contributed by atoms with Crippen LogP contribution in [-0.2, 0) is 11.2 Å². The number of nitrogens with one attached hydrogen (secondary N) is 1. The quantitative estimate of drug-likeness (QED) is 0.416. The van der Waals surface area contributed by atoms with Crippen molar-refractivity contribution in [3.8, 4) is 34.5 Å². The number of hydrogen-bond donors (Lipinski definition) is 1. The van der Waals surface area contributed by atoms with Gasteiger partial charge in [-0.2, -0.15) is 0 Å². The average molecular weight is 452 g/mol. The molecule has 0 saturated heterocycles. The van der Waals surface area contributed by atoms with E-state index in [0.29, 0.717) is 47.5 Å². The van der Waals surface area contributed by atoms with Crippen LogP contribution >= 0.6 is 0 Å². The summed E-state index contributed by atoms with van der Waals surface area (Å²) in [5.41, 5.74) is 1.50. The van der Waals surface area contributed by atoms with E-state index >= 15 is 0 Å². The summed E-state index contributed by atoms with van der Waals surface area (Å²) in [5.74, 6) is 3.49. The van der Waals surface area contributed by atoms with Gasteiger partial charge in [0.25, 0.3) is 0 Å². The van der Waals surface area contributed by atoms with Gasteiger partial charge in [0.1, 0.15) is 11.5 Å². The summed E-state index contributed by atoms with van der Waals surface area (Å²) in [6, 6.07) is 18.4. The van der Waals surface area contributed by atoms with E-state index in [1.165, 1.54) is 0 Å². The maximum Gasteiger partial charge on any atom is 0.224 e. The Morgan fingerprint density at radius 2 is 1.45 bits per heavy atom. The molecule has 0 spiro atoms. The van der Waals surface area contributed by atoms with Crippen LogP contribution in [0.5, 0.6) is 34.5 Å². The SMILES string of the molecule is CCOc1ccc(Oc2ccccc2NC(=O)CCc2cc(OC)c(OC)c(OC)c2)cc1. The van der Waals surface area contributed by atoms with Crippen molar-refractivity contribution in [3.63, 3.8) is 0 Å². The molecule has 1 N–H and O–H groups in total. The molecule has 3 rings (SSSR count). The molecule has 0 radical (unpaired) electrons. The Labute approximate surface area is 194 Å². The third-order valence-electron chi connectivity index (χ3n) is 4.89. The minimum absolute atomic E-state index is 0.133. The molecule has 0 aliphatic carbocycles. The van der Waals surface area contributed by atoms with Crippen LogP contribution in [0.25, 0.3) is 0 Å². The molecule has 0 aliphatic rings. The molecule has 33 heavy (non-hydrogen) atoms. The number of rotatable bonds is 11. The number of para-hydroxylation sites is 2. The van der Waals surface area contributed by atoms with E-state index in [0.717, 1.165) is 11.3 Å². The van der Waals surface area contributed by atoms with Crippen molar-refractivity contribution in [1.29, 1.82) is 0 Å². The molecule has 1 amide bonds. The Hall–Kier alpha value is -3.87. The van der Waals surface area contributed by atoms with E-state index in [1.807, 2.05) is 61.5 Å². The van der Waals surface area contributed by atoms with E-state index in [4.69, 9.17) is 23.7 Å². The van der Waals surface area contributed by atoms with Gasteiger partial charge in [0, 0.05) is 6.42 Å². The molecule has 7 nitrogen and oxygen atoms in total. The first-order valence-electron chi connectivity index (χ1n) is 10.7. The highest BCUT2D eigenvalue weighted by Gasteiger charge is 2.14. The molecule has 7 heteroatoms. The number of ether oxygens (including phenoxy) is 5. The molecule has 0 atom stereocenters. The summed E-state index contributed by atoms with van der Waals surface area (Å²) < 4.78 is 27.6. The maximum atomic E-state index is 12.7. The summed E-state index contributed by atoms with van der Waals surface area (Å²) in [7, 11) is 4.69. The number of benzene rings is 3. The van der Waals surface area contributed by atoms with Crippen molar-refractivity contribution in [1.82, 2.24) is 0 Å². The van der Waals surface area contributed by atoms with Crippen molar-refractivity contribution in [3.05, 3.63) is 66.2 Å². The zero-order valence-electron chi connectivity index (χ0n) is 19.3. The fourth-order valence-corrected chi connectivity index (χ4v) is 3.31. The van der Waals surface area contributed by atoms with E-state index in [-0.39, 0.29) is 12.3 Å².